The predicted octanol–water partition coefficient (Wildman–Crippen LogP) is -0.529. The Labute approximate surface area is 147 Å². The maximum Gasteiger partial charge on any atom is 0.326 e. The van der Waals surface area contributed by atoms with Crippen molar-refractivity contribution >= 4 is 29.7 Å². The lowest BCUT2D eigenvalue weighted by atomic mass is 10.1. The summed E-state index contributed by atoms with van der Waals surface area (Å²) in [7, 11) is 0. The van der Waals surface area contributed by atoms with Crippen molar-refractivity contribution in [2.75, 3.05) is 6.54 Å². The number of hydrogen-bond acceptors (Lipinski definition) is 6. The number of azide groups is 1. The third-order valence-electron chi connectivity index (χ3n) is 3.03. The molecule has 0 saturated carbocycles. The van der Waals surface area contributed by atoms with Crippen LogP contribution in [0, 0.1) is 0 Å². The van der Waals surface area contributed by atoms with Crippen LogP contribution in [0.2, 0.25) is 0 Å². The Balaban J connectivity index is 4.62. The van der Waals surface area contributed by atoms with Gasteiger partial charge in [0.15, 0.2) is 0 Å². The van der Waals surface area contributed by atoms with Gasteiger partial charge >= 0.3 is 17.9 Å². The third kappa shape index (κ3) is 10.4. The summed E-state index contributed by atoms with van der Waals surface area (Å²) in [5.41, 5.74) is 8.09. The molecule has 0 aliphatic heterocycles. The SMILES string of the molecule is [N-]=[N+]=NCCCC(=O)N[C@@H](CC(=O)N[C@@H](CCC(=O)O)C(=O)O)C(=O)O. The van der Waals surface area contributed by atoms with Crippen molar-refractivity contribution in [3.8, 4) is 0 Å². The van der Waals surface area contributed by atoms with Gasteiger partial charge in [-0.3, -0.25) is 14.4 Å². The van der Waals surface area contributed by atoms with E-state index in [2.05, 4.69) is 15.3 Å². The highest BCUT2D eigenvalue weighted by molar-refractivity contribution is 5.90. The summed E-state index contributed by atoms with van der Waals surface area (Å²) >= 11 is 0. The fourth-order valence-electron chi connectivity index (χ4n) is 1.79. The van der Waals surface area contributed by atoms with Gasteiger partial charge in [-0.15, -0.1) is 0 Å². The van der Waals surface area contributed by atoms with Crippen LogP contribution in [0.25, 0.3) is 10.4 Å². The fraction of sp³-hybridized carbons (Fsp3) is 0.615. The first kappa shape index (κ1) is 22.7. The minimum absolute atomic E-state index is 0.0476. The van der Waals surface area contributed by atoms with Gasteiger partial charge in [0, 0.05) is 24.3 Å². The molecule has 5 N–H and O–H groups in total. The van der Waals surface area contributed by atoms with Crippen LogP contribution in [-0.2, 0) is 24.0 Å². The maximum absolute atomic E-state index is 11.8. The Bertz CT molecular complexity index is 601. The molecule has 0 unspecified atom stereocenters. The highest BCUT2D eigenvalue weighted by Gasteiger charge is 2.26. The summed E-state index contributed by atoms with van der Waals surface area (Å²) in [6.45, 7) is 0.0476. The lowest BCUT2D eigenvalue weighted by Crippen LogP contribution is -2.47. The van der Waals surface area contributed by atoms with Crippen LogP contribution in [0.5, 0.6) is 0 Å². The number of carbonyl (C=O) groups excluding carboxylic acids is 2. The van der Waals surface area contributed by atoms with Gasteiger partial charge in [-0.1, -0.05) is 5.11 Å². The summed E-state index contributed by atoms with van der Waals surface area (Å²) in [6.07, 6.45) is -1.54. The molecular weight excluding hydrogens is 354 g/mol. The van der Waals surface area contributed by atoms with Gasteiger partial charge in [0.05, 0.1) is 6.42 Å². The molecule has 0 bridgehead atoms. The number of hydrogen-bond donors (Lipinski definition) is 5. The molecule has 0 rings (SSSR count). The van der Waals surface area contributed by atoms with E-state index in [0.717, 1.165) is 0 Å². The van der Waals surface area contributed by atoms with Crippen molar-refractivity contribution < 1.29 is 39.3 Å². The average Bonchev–Trinajstić information content (AvgIpc) is 2.54. The number of carboxylic acids is 3. The van der Waals surface area contributed by atoms with Gasteiger partial charge in [-0.2, -0.15) is 0 Å². The minimum atomic E-state index is -1.59. The van der Waals surface area contributed by atoms with Crippen molar-refractivity contribution in [2.24, 2.45) is 5.11 Å². The Kier molecular flexibility index (Phi) is 10.5. The van der Waals surface area contributed by atoms with E-state index in [4.69, 9.17) is 20.9 Å². The summed E-state index contributed by atoms with van der Waals surface area (Å²) < 4.78 is 0. The minimum Gasteiger partial charge on any atom is -0.481 e. The van der Waals surface area contributed by atoms with Gasteiger partial charge in [-0.25, -0.2) is 9.59 Å². The first-order valence-corrected chi connectivity index (χ1v) is 7.44. The van der Waals surface area contributed by atoms with Crippen molar-refractivity contribution in [1.29, 1.82) is 0 Å². The molecule has 0 aromatic rings. The number of nitrogens with one attached hydrogen (secondary N) is 2. The highest BCUT2D eigenvalue weighted by Crippen LogP contribution is 2.01. The normalized spacial score (nSPS) is 12.2. The van der Waals surface area contributed by atoms with Gasteiger partial charge in [0.1, 0.15) is 12.1 Å². The lowest BCUT2D eigenvalue weighted by molar-refractivity contribution is -0.145. The van der Waals surface area contributed by atoms with Crippen molar-refractivity contribution in [1.82, 2.24) is 10.6 Å². The van der Waals surface area contributed by atoms with Gasteiger partial charge < -0.3 is 26.0 Å². The number of nitrogens with zero attached hydrogens (tertiary/aromatic N) is 3. The topological polar surface area (TPSA) is 219 Å². The second kappa shape index (κ2) is 12.1. The lowest BCUT2D eigenvalue weighted by Gasteiger charge is -2.17. The van der Waals surface area contributed by atoms with Crippen LogP contribution in [0.3, 0.4) is 0 Å². The van der Waals surface area contributed by atoms with Crippen LogP contribution in [-0.4, -0.2) is 63.7 Å². The molecule has 26 heavy (non-hydrogen) atoms. The van der Waals surface area contributed by atoms with Gasteiger partial charge in [0.25, 0.3) is 0 Å². The van der Waals surface area contributed by atoms with E-state index in [1.807, 2.05) is 5.32 Å². The molecule has 13 nitrogen and oxygen atoms in total. The molecule has 0 aromatic carbocycles. The zero-order chi connectivity index (χ0) is 20.1. The Hall–Kier alpha value is -3.34. The summed E-state index contributed by atoms with van der Waals surface area (Å²) in [4.78, 5) is 58.5. The van der Waals surface area contributed by atoms with Crippen LogP contribution in [0.4, 0.5) is 0 Å². The van der Waals surface area contributed by atoms with E-state index in [9.17, 15) is 24.0 Å². The van der Waals surface area contributed by atoms with Crippen LogP contribution in [0.15, 0.2) is 5.11 Å². The van der Waals surface area contributed by atoms with Crippen molar-refractivity contribution in [2.45, 2.75) is 44.2 Å². The Morgan fingerprint density at radius 1 is 0.923 bits per heavy atom. The van der Waals surface area contributed by atoms with Crippen LogP contribution in [0.1, 0.15) is 32.1 Å². The molecule has 0 heterocycles. The third-order valence-corrected chi connectivity index (χ3v) is 3.03. The molecule has 0 aromatic heterocycles. The first-order valence-electron chi connectivity index (χ1n) is 7.44. The number of aliphatic carboxylic acids is 3. The molecule has 2 amide bonds. The monoisotopic (exact) mass is 373 g/mol. The van der Waals surface area contributed by atoms with Gasteiger partial charge in [-0.05, 0) is 18.4 Å². The largest absolute Gasteiger partial charge is 0.481 e. The number of carboxylic acid groups (broad SMARTS) is 3. The highest BCUT2D eigenvalue weighted by atomic mass is 16.4. The van der Waals surface area contributed by atoms with E-state index in [1.165, 1.54) is 0 Å². The summed E-state index contributed by atoms with van der Waals surface area (Å²) in [5, 5.41) is 33.9. The quantitative estimate of drug-likeness (QED) is 0.122. The number of rotatable bonds is 13. The number of carbonyl (C=O) groups is 5. The standard InChI is InChI=1S/C13H19N5O8/c14-18-15-5-1-2-9(19)17-8(13(25)26)6-10(20)16-7(12(23)24)3-4-11(21)22/h7-8H,1-6H2,(H,16,20)(H,17,19)(H,21,22)(H,23,24)(H,25,26)/t7-,8-/m0/s1. The smallest absolute Gasteiger partial charge is 0.326 e. The van der Waals surface area contributed by atoms with E-state index >= 15 is 0 Å². The van der Waals surface area contributed by atoms with Crippen LogP contribution < -0.4 is 10.6 Å². The molecule has 144 valence electrons. The maximum atomic E-state index is 11.8. The molecule has 0 aliphatic rings. The molecule has 13 heteroatoms. The zero-order valence-electron chi connectivity index (χ0n) is 13.6. The van der Waals surface area contributed by atoms with E-state index < -0.39 is 54.6 Å². The Morgan fingerprint density at radius 2 is 1.50 bits per heavy atom. The molecule has 2 atom stereocenters. The first-order chi connectivity index (χ1) is 12.2. The zero-order valence-corrected chi connectivity index (χ0v) is 13.6. The second-order valence-corrected chi connectivity index (χ2v) is 5.11. The fourth-order valence-corrected chi connectivity index (χ4v) is 1.79. The average molecular weight is 373 g/mol. The van der Waals surface area contributed by atoms with Crippen molar-refractivity contribution in [3.63, 3.8) is 0 Å². The molecule has 0 spiro atoms. The molecule has 0 radical (unpaired) electrons. The molecular formula is C13H19N5O8. The van der Waals surface area contributed by atoms with E-state index in [-0.39, 0.29) is 25.8 Å². The number of amides is 2. The molecule has 0 aliphatic carbocycles. The van der Waals surface area contributed by atoms with E-state index in [1.54, 1.807) is 0 Å². The van der Waals surface area contributed by atoms with E-state index in [0.29, 0.717) is 0 Å². The molecule has 0 fully saturated rings. The summed E-state index contributed by atoms with van der Waals surface area (Å²) in [5.74, 6) is -5.86. The summed E-state index contributed by atoms with van der Waals surface area (Å²) in [6, 6.07) is -3.08. The predicted molar refractivity (Wildman–Crippen MR) is 83.9 cm³/mol. The van der Waals surface area contributed by atoms with Crippen molar-refractivity contribution in [3.05, 3.63) is 10.4 Å². The molecule has 0 saturated heterocycles. The van der Waals surface area contributed by atoms with Crippen LogP contribution >= 0.6 is 0 Å². The second-order valence-electron chi connectivity index (χ2n) is 5.11. The van der Waals surface area contributed by atoms with Gasteiger partial charge in [0.2, 0.25) is 11.8 Å². The Morgan fingerprint density at radius 3 is 2.00 bits per heavy atom.